The van der Waals surface area contributed by atoms with E-state index in [2.05, 4.69) is 41.5 Å². The third-order valence-electron chi connectivity index (χ3n) is 13.5. The van der Waals surface area contributed by atoms with Gasteiger partial charge in [-0.15, -0.1) is 0 Å². The van der Waals surface area contributed by atoms with E-state index in [0.717, 1.165) is 57.6 Å². The highest BCUT2D eigenvalue weighted by molar-refractivity contribution is 7.86. The first-order valence-electron chi connectivity index (χ1n) is 15.0. The zero-order valence-corrected chi connectivity index (χ0v) is 26.4. The fourth-order valence-corrected chi connectivity index (χ4v) is 11.7. The van der Waals surface area contributed by atoms with Crippen molar-refractivity contribution in [3.63, 3.8) is 0 Å². The number of ketones is 1. The molecule has 0 aromatic carbocycles. The SMILES string of the molecule is COC(=O)[C@@]1(C)CC[C@]2(C)CC[C@]3(C)C(=CC(=O)[C@@H]4[C@@]5(C)CC[C@H](OS(C)(=O)=O)C(C)(C)[C@@H]5CC[C@]43C)[C@@H]2C1. The number of methoxy groups -OCH3 is 1. The lowest BCUT2D eigenvalue weighted by Crippen LogP contribution is -2.66. The summed E-state index contributed by atoms with van der Waals surface area (Å²) in [5.41, 5.74) is -0.0616. The quantitative estimate of drug-likeness (QED) is 0.289. The fraction of sp³-hybridized carbons (Fsp3) is 0.875. The third-order valence-corrected chi connectivity index (χ3v) is 14.1. The van der Waals surface area contributed by atoms with Gasteiger partial charge in [0.15, 0.2) is 5.78 Å². The second-order valence-corrected chi connectivity index (χ2v) is 17.5. The molecular formula is C32H50O6S. The Balaban J connectivity index is 1.57. The van der Waals surface area contributed by atoms with Crippen LogP contribution in [0.5, 0.6) is 0 Å². The number of ether oxygens (including phenoxy) is 1. The van der Waals surface area contributed by atoms with Gasteiger partial charge in [0.05, 0.1) is 24.9 Å². The Morgan fingerprint density at radius 2 is 1.56 bits per heavy atom. The van der Waals surface area contributed by atoms with Gasteiger partial charge in [0.25, 0.3) is 10.1 Å². The molecule has 4 fully saturated rings. The van der Waals surface area contributed by atoms with Crippen molar-refractivity contribution in [3.8, 4) is 0 Å². The maximum absolute atomic E-state index is 14.4. The highest BCUT2D eigenvalue weighted by atomic mass is 32.2. The van der Waals surface area contributed by atoms with Crippen LogP contribution in [0.3, 0.4) is 0 Å². The molecular weight excluding hydrogens is 512 g/mol. The van der Waals surface area contributed by atoms with Crippen LogP contribution < -0.4 is 0 Å². The molecule has 4 saturated carbocycles. The normalized spacial score (nSPS) is 49.1. The molecule has 0 N–H and O–H groups in total. The van der Waals surface area contributed by atoms with Gasteiger partial charge in [0.2, 0.25) is 0 Å². The average Bonchev–Trinajstić information content (AvgIpc) is 2.82. The predicted octanol–water partition coefficient (Wildman–Crippen LogP) is 6.48. The van der Waals surface area contributed by atoms with Crippen molar-refractivity contribution in [1.29, 1.82) is 0 Å². The molecule has 0 saturated heterocycles. The molecule has 0 radical (unpaired) electrons. The zero-order chi connectivity index (χ0) is 29.0. The van der Waals surface area contributed by atoms with E-state index in [4.69, 9.17) is 8.92 Å². The maximum atomic E-state index is 14.4. The molecule has 5 aliphatic carbocycles. The van der Waals surface area contributed by atoms with Crippen molar-refractivity contribution in [1.82, 2.24) is 0 Å². The Labute approximate surface area is 236 Å². The highest BCUT2D eigenvalue weighted by Crippen LogP contribution is 2.75. The van der Waals surface area contributed by atoms with E-state index in [9.17, 15) is 18.0 Å². The second kappa shape index (κ2) is 8.65. The molecule has 0 spiro atoms. The fourth-order valence-electron chi connectivity index (χ4n) is 11.0. The third kappa shape index (κ3) is 3.98. The first kappa shape index (κ1) is 29.3. The van der Waals surface area contributed by atoms with E-state index >= 15 is 0 Å². The molecule has 6 nitrogen and oxygen atoms in total. The molecule has 5 aliphatic rings. The summed E-state index contributed by atoms with van der Waals surface area (Å²) in [6.45, 7) is 15.8. The minimum Gasteiger partial charge on any atom is -0.469 e. The van der Waals surface area contributed by atoms with Crippen molar-refractivity contribution in [2.24, 2.45) is 50.2 Å². The van der Waals surface area contributed by atoms with Gasteiger partial charge in [-0.05, 0) is 110 Å². The first-order valence-corrected chi connectivity index (χ1v) is 16.8. The number of carbonyl (C=O) groups is 2. The Morgan fingerprint density at radius 3 is 2.18 bits per heavy atom. The number of fused-ring (bicyclic) bond motifs is 7. The van der Waals surface area contributed by atoms with Crippen LogP contribution >= 0.6 is 0 Å². The molecule has 220 valence electrons. The zero-order valence-electron chi connectivity index (χ0n) is 25.6. The number of hydrogen-bond acceptors (Lipinski definition) is 6. The molecule has 7 heteroatoms. The number of rotatable bonds is 3. The van der Waals surface area contributed by atoms with Gasteiger partial charge >= 0.3 is 5.97 Å². The molecule has 0 heterocycles. The topological polar surface area (TPSA) is 86.7 Å². The van der Waals surface area contributed by atoms with Gasteiger partial charge in [-0.1, -0.05) is 47.1 Å². The van der Waals surface area contributed by atoms with E-state index in [-0.39, 0.29) is 62.7 Å². The molecule has 0 aliphatic heterocycles. The van der Waals surface area contributed by atoms with Crippen LogP contribution in [-0.2, 0) is 28.6 Å². The van der Waals surface area contributed by atoms with Gasteiger partial charge in [-0.25, -0.2) is 0 Å². The number of carbonyl (C=O) groups excluding carboxylic acids is 2. The Hall–Kier alpha value is -1.21. The smallest absolute Gasteiger partial charge is 0.311 e. The molecule has 0 aromatic rings. The summed E-state index contributed by atoms with van der Waals surface area (Å²) in [7, 11) is -2.08. The van der Waals surface area contributed by atoms with Crippen molar-refractivity contribution < 1.29 is 26.9 Å². The van der Waals surface area contributed by atoms with E-state index < -0.39 is 15.5 Å². The minimum atomic E-state index is -3.57. The average molecular weight is 563 g/mol. The summed E-state index contributed by atoms with van der Waals surface area (Å²) in [6.07, 6.45) is 10.8. The molecule has 0 amide bonds. The standard InChI is InChI=1S/C32H50O6S/c1-27(2)23-10-13-32(7)25(30(23,5)12-11-24(27)38-39(9,35)36)22(33)18-20-21-19-29(4,26(34)37-8)15-14-28(21,3)16-17-31(20,32)6/h18,21,23-25H,10-17,19H2,1-9H3/t21-,23-,24-,25+,28+,29-,30-,31+,32+/m0/s1. The Kier molecular flexibility index (Phi) is 6.50. The van der Waals surface area contributed by atoms with Crippen molar-refractivity contribution in [3.05, 3.63) is 11.6 Å². The van der Waals surface area contributed by atoms with Crippen LogP contribution in [-0.4, -0.2) is 39.6 Å². The van der Waals surface area contributed by atoms with Crippen LogP contribution in [0, 0.1) is 50.2 Å². The van der Waals surface area contributed by atoms with Gasteiger partial charge in [-0.2, -0.15) is 8.42 Å². The van der Waals surface area contributed by atoms with Crippen molar-refractivity contribution in [2.45, 2.75) is 112 Å². The number of hydrogen-bond donors (Lipinski definition) is 0. The van der Waals surface area contributed by atoms with Crippen LogP contribution in [0.2, 0.25) is 0 Å². The molecule has 39 heavy (non-hydrogen) atoms. The summed E-state index contributed by atoms with van der Waals surface area (Å²) in [6, 6.07) is 0. The van der Waals surface area contributed by atoms with Crippen molar-refractivity contribution in [2.75, 3.05) is 13.4 Å². The summed E-state index contributed by atoms with van der Waals surface area (Å²) in [4.78, 5) is 27.3. The lowest BCUT2D eigenvalue weighted by atomic mass is 9.33. The van der Waals surface area contributed by atoms with E-state index in [1.54, 1.807) is 0 Å². The second-order valence-electron chi connectivity index (χ2n) is 15.9. The van der Waals surface area contributed by atoms with Crippen LogP contribution in [0.25, 0.3) is 0 Å². The number of esters is 1. The highest BCUT2D eigenvalue weighted by Gasteiger charge is 2.70. The molecule has 5 rings (SSSR count). The Morgan fingerprint density at radius 1 is 0.923 bits per heavy atom. The van der Waals surface area contributed by atoms with Crippen LogP contribution in [0.15, 0.2) is 11.6 Å². The van der Waals surface area contributed by atoms with Crippen LogP contribution in [0.4, 0.5) is 0 Å². The van der Waals surface area contributed by atoms with Crippen molar-refractivity contribution >= 4 is 21.9 Å². The summed E-state index contributed by atoms with van der Waals surface area (Å²) in [5, 5.41) is 0. The monoisotopic (exact) mass is 562 g/mol. The minimum absolute atomic E-state index is 0.0898. The summed E-state index contributed by atoms with van der Waals surface area (Å²) < 4.78 is 35.1. The van der Waals surface area contributed by atoms with E-state index in [0.29, 0.717) is 6.42 Å². The maximum Gasteiger partial charge on any atom is 0.311 e. The van der Waals surface area contributed by atoms with Gasteiger partial charge in [0, 0.05) is 5.92 Å². The van der Waals surface area contributed by atoms with Gasteiger partial charge in [-0.3, -0.25) is 13.8 Å². The van der Waals surface area contributed by atoms with E-state index in [1.165, 1.54) is 12.7 Å². The lowest BCUT2D eigenvalue weighted by Gasteiger charge is -2.70. The summed E-state index contributed by atoms with van der Waals surface area (Å²) >= 11 is 0. The van der Waals surface area contributed by atoms with E-state index in [1.807, 2.05) is 13.0 Å². The van der Waals surface area contributed by atoms with Crippen LogP contribution in [0.1, 0.15) is 106 Å². The first-order chi connectivity index (χ1) is 17.8. The predicted molar refractivity (Wildman–Crippen MR) is 151 cm³/mol. The largest absolute Gasteiger partial charge is 0.469 e. The molecule has 9 atom stereocenters. The Bertz CT molecular complexity index is 1220. The van der Waals surface area contributed by atoms with Gasteiger partial charge in [0.1, 0.15) is 0 Å². The summed E-state index contributed by atoms with van der Waals surface area (Å²) in [5.74, 6) is 0.377. The number of allylic oxidation sites excluding steroid dienone is 2. The molecule has 0 unspecified atom stereocenters. The molecule has 0 bridgehead atoms. The lowest BCUT2D eigenvalue weighted by molar-refractivity contribution is -0.199. The van der Waals surface area contributed by atoms with Gasteiger partial charge < -0.3 is 4.74 Å². The molecule has 0 aromatic heterocycles.